The van der Waals surface area contributed by atoms with Crippen molar-refractivity contribution in [3.8, 4) is 6.07 Å². The highest BCUT2D eigenvalue weighted by Crippen LogP contribution is 2.25. The Balaban J connectivity index is 1.83. The van der Waals surface area contributed by atoms with Gasteiger partial charge in [0.2, 0.25) is 0 Å². The molecule has 0 saturated heterocycles. The van der Waals surface area contributed by atoms with E-state index in [0.29, 0.717) is 12.0 Å². The molecule has 1 aromatic rings. The molecule has 1 aromatic heterocycles. The highest BCUT2D eigenvalue weighted by molar-refractivity contribution is 6.13. The smallest absolute Gasteiger partial charge is 0.190 e. The second-order valence-electron chi connectivity index (χ2n) is 5.49. The Labute approximate surface area is 130 Å². The van der Waals surface area contributed by atoms with E-state index in [1.165, 1.54) is 0 Å². The van der Waals surface area contributed by atoms with Gasteiger partial charge in [-0.25, -0.2) is 0 Å². The van der Waals surface area contributed by atoms with Gasteiger partial charge in [0.05, 0.1) is 12.0 Å². The first kappa shape index (κ1) is 14.2. The van der Waals surface area contributed by atoms with Crippen LogP contribution in [0.15, 0.2) is 65.6 Å². The zero-order chi connectivity index (χ0) is 15.5. The van der Waals surface area contributed by atoms with Crippen LogP contribution in [0.3, 0.4) is 0 Å². The molecule has 0 N–H and O–H groups in total. The van der Waals surface area contributed by atoms with Crippen molar-refractivity contribution < 1.29 is 4.79 Å². The van der Waals surface area contributed by atoms with Gasteiger partial charge in [-0.2, -0.15) is 5.26 Å². The summed E-state index contributed by atoms with van der Waals surface area (Å²) in [5.41, 5.74) is 4.38. The molecule has 0 saturated carbocycles. The van der Waals surface area contributed by atoms with Crippen molar-refractivity contribution in [1.82, 2.24) is 4.98 Å². The molecule has 0 amide bonds. The maximum atomic E-state index is 12.0. The normalized spacial score (nSPS) is 19.5. The van der Waals surface area contributed by atoms with Gasteiger partial charge in [-0.1, -0.05) is 36.0 Å². The Morgan fingerprint density at radius 2 is 2.18 bits per heavy atom. The third kappa shape index (κ3) is 3.12. The van der Waals surface area contributed by atoms with Crippen LogP contribution < -0.4 is 0 Å². The van der Waals surface area contributed by atoms with Crippen LogP contribution in [0.1, 0.15) is 22.8 Å². The summed E-state index contributed by atoms with van der Waals surface area (Å²) >= 11 is 0. The zero-order valence-corrected chi connectivity index (χ0v) is 12.3. The molecule has 2 aliphatic carbocycles. The van der Waals surface area contributed by atoms with Gasteiger partial charge in [0.15, 0.2) is 5.78 Å². The average Bonchev–Trinajstić information content (AvgIpc) is 3.36. The van der Waals surface area contributed by atoms with Gasteiger partial charge in [-0.15, -0.1) is 0 Å². The largest absolute Gasteiger partial charge is 0.289 e. The molecule has 1 unspecified atom stereocenters. The third-order valence-electron chi connectivity index (χ3n) is 3.70. The van der Waals surface area contributed by atoms with Gasteiger partial charge >= 0.3 is 0 Å². The Kier molecular flexibility index (Phi) is 3.84. The van der Waals surface area contributed by atoms with Crippen LogP contribution in [0.4, 0.5) is 0 Å². The number of ketones is 1. The third-order valence-corrected chi connectivity index (χ3v) is 3.70. The number of rotatable bonds is 4. The van der Waals surface area contributed by atoms with Crippen LogP contribution in [0.2, 0.25) is 0 Å². The van der Waals surface area contributed by atoms with Crippen LogP contribution in [-0.2, 0) is 6.42 Å². The highest BCUT2D eigenvalue weighted by atomic mass is 16.1. The topological polar surface area (TPSA) is 53.8 Å². The van der Waals surface area contributed by atoms with E-state index < -0.39 is 0 Å². The molecule has 3 heteroatoms. The predicted molar refractivity (Wildman–Crippen MR) is 84.7 cm³/mol. The number of hydrogen-bond donors (Lipinski definition) is 0. The van der Waals surface area contributed by atoms with E-state index in [2.05, 4.69) is 11.1 Å². The molecular formula is C19H15N2O. The van der Waals surface area contributed by atoms with Crippen molar-refractivity contribution in [3.63, 3.8) is 0 Å². The van der Waals surface area contributed by atoms with Gasteiger partial charge in [0, 0.05) is 30.0 Å². The van der Waals surface area contributed by atoms with Crippen molar-refractivity contribution >= 4 is 5.78 Å². The average molecular weight is 287 g/mol. The summed E-state index contributed by atoms with van der Waals surface area (Å²) in [5, 5.41) is 9.36. The summed E-state index contributed by atoms with van der Waals surface area (Å²) in [5.74, 6) is -0.231. The number of hydrogen-bond acceptors (Lipinski definition) is 3. The standard InChI is InChI=1S/C19H15N2O/c1-13-3-2-4-16(17(7-13)10-20)8-14-9-18(12-21-11-14)19(22)15-5-6-15/h2-7,9,11-12,17H,8H2,1H3. The van der Waals surface area contributed by atoms with E-state index in [1.54, 1.807) is 24.9 Å². The molecule has 0 spiro atoms. The van der Waals surface area contributed by atoms with E-state index >= 15 is 0 Å². The molecule has 0 fully saturated rings. The first-order chi connectivity index (χ1) is 10.7. The molecule has 22 heavy (non-hydrogen) atoms. The minimum absolute atomic E-state index is 0.0108. The number of aromatic nitrogens is 1. The summed E-state index contributed by atoms with van der Waals surface area (Å²) in [4.78, 5) is 16.2. The predicted octanol–water partition coefficient (Wildman–Crippen LogP) is 3.53. The molecular weight excluding hydrogens is 272 g/mol. The number of pyridine rings is 1. The van der Waals surface area contributed by atoms with Gasteiger partial charge in [-0.3, -0.25) is 9.78 Å². The summed E-state index contributed by atoms with van der Waals surface area (Å²) in [6.45, 7) is 1.98. The maximum Gasteiger partial charge on any atom is 0.190 e. The minimum Gasteiger partial charge on any atom is -0.289 e. The summed E-state index contributed by atoms with van der Waals surface area (Å²) in [6.07, 6.45) is 15.4. The van der Waals surface area contributed by atoms with Crippen LogP contribution in [0, 0.1) is 23.7 Å². The number of nitriles is 1. The van der Waals surface area contributed by atoms with Crippen molar-refractivity contribution in [3.05, 3.63) is 83.1 Å². The lowest BCUT2D eigenvalue weighted by molar-refractivity contribution is 0.104. The molecule has 0 bridgehead atoms. The monoisotopic (exact) mass is 287 g/mol. The number of carbonyl (C=O) groups is 1. The van der Waals surface area contributed by atoms with E-state index in [1.807, 2.05) is 37.3 Å². The van der Waals surface area contributed by atoms with Gasteiger partial charge in [0.25, 0.3) is 0 Å². The SMILES string of the molecule is CC1=CC(C#N)C(Cc2cncc(C(=O)C3=C[CH]3)c2)=CC=C1. The number of Topliss-reactive ketones (excluding diaryl/α,β-unsaturated/α-hetero) is 1. The first-order valence-corrected chi connectivity index (χ1v) is 7.16. The minimum atomic E-state index is -0.242. The quantitative estimate of drug-likeness (QED) is 0.796. The zero-order valence-electron chi connectivity index (χ0n) is 12.3. The molecule has 1 heterocycles. The molecule has 3 nitrogen and oxygen atoms in total. The van der Waals surface area contributed by atoms with E-state index in [4.69, 9.17) is 0 Å². The lowest BCUT2D eigenvalue weighted by atomic mass is 9.93. The number of carbonyl (C=O) groups excluding carboxylic acids is 1. The Hall–Kier alpha value is -2.73. The van der Waals surface area contributed by atoms with Crippen LogP contribution in [0.5, 0.6) is 0 Å². The second-order valence-corrected chi connectivity index (χ2v) is 5.49. The molecule has 0 aliphatic heterocycles. The van der Waals surface area contributed by atoms with Crippen molar-refractivity contribution in [1.29, 1.82) is 5.26 Å². The van der Waals surface area contributed by atoms with Crippen molar-refractivity contribution in [2.45, 2.75) is 13.3 Å². The first-order valence-electron chi connectivity index (χ1n) is 7.16. The van der Waals surface area contributed by atoms with Crippen molar-refractivity contribution in [2.75, 3.05) is 0 Å². The number of allylic oxidation sites excluding steroid dienone is 8. The fourth-order valence-corrected chi connectivity index (χ4v) is 2.45. The molecule has 1 atom stereocenters. The molecule has 3 rings (SSSR count). The Morgan fingerprint density at radius 3 is 2.91 bits per heavy atom. The lowest BCUT2D eigenvalue weighted by Gasteiger charge is -2.10. The Morgan fingerprint density at radius 1 is 1.36 bits per heavy atom. The van der Waals surface area contributed by atoms with Crippen molar-refractivity contribution in [2.24, 2.45) is 5.92 Å². The van der Waals surface area contributed by atoms with Crippen LogP contribution in [-0.4, -0.2) is 10.8 Å². The van der Waals surface area contributed by atoms with E-state index in [-0.39, 0.29) is 11.7 Å². The Bertz CT molecular complexity index is 788. The van der Waals surface area contributed by atoms with Gasteiger partial charge in [0.1, 0.15) is 0 Å². The summed E-state index contributed by atoms with van der Waals surface area (Å²) in [7, 11) is 0. The highest BCUT2D eigenvalue weighted by Gasteiger charge is 2.20. The van der Waals surface area contributed by atoms with Gasteiger partial charge in [-0.05, 0) is 30.5 Å². The van der Waals surface area contributed by atoms with Crippen LogP contribution in [0.25, 0.3) is 0 Å². The molecule has 1 radical (unpaired) electrons. The fraction of sp³-hybridized carbons (Fsp3) is 0.158. The summed E-state index contributed by atoms with van der Waals surface area (Å²) in [6, 6.07) is 4.19. The van der Waals surface area contributed by atoms with E-state index in [9.17, 15) is 10.1 Å². The van der Waals surface area contributed by atoms with Gasteiger partial charge < -0.3 is 0 Å². The molecule has 0 aromatic carbocycles. The van der Waals surface area contributed by atoms with E-state index in [0.717, 1.165) is 22.3 Å². The second kappa shape index (κ2) is 5.95. The molecule has 107 valence electrons. The maximum absolute atomic E-state index is 12.0. The molecule has 2 aliphatic rings. The number of nitrogens with zero attached hydrogens (tertiary/aromatic N) is 2. The summed E-state index contributed by atoms with van der Waals surface area (Å²) < 4.78 is 0. The lowest BCUT2D eigenvalue weighted by Crippen LogP contribution is -2.04. The van der Waals surface area contributed by atoms with Crippen LogP contribution >= 0.6 is 0 Å². The fourth-order valence-electron chi connectivity index (χ4n) is 2.45.